The molecule has 0 radical (unpaired) electrons. The first-order chi connectivity index (χ1) is 7.79. The standard InChI is InChI=1S/C13H21N3/c1-11-6-7-13(15-9-11)16-8-4-3-5-12(10-16)14-2/h6-7,9,12,14H,3-5,8,10H2,1-2H3. The van der Waals surface area contributed by atoms with Crippen LogP contribution in [0.3, 0.4) is 0 Å². The average molecular weight is 219 g/mol. The minimum Gasteiger partial charge on any atom is -0.355 e. The molecule has 1 fully saturated rings. The number of pyridine rings is 1. The third-order valence-corrected chi connectivity index (χ3v) is 3.30. The second-order valence-electron chi connectivity index (χ2n) is 4.62. The first kappa shape index (κ1) is 11.4. The minimum absolute atomic E-state index is 0.602. The molecule has 0 bridgehead atoms. The molecule has 3 heteroatoms. The van der Waals surface area contributed by atoms with Crippen LogP contribution in [-0.4, -0.2) is 31.2 Å². The number of hydrogen-bond acceptors (Lipinski definition) is 3. The summed E-state index contributed by atoms with van der Waals surface area (Å²) in [6.07, 6.45) is 5.81. The summed E-state index contributed by atoms with van der Waals surface area (Å²) in [4.78, 5) is 6.91. The molecule has 88 valence electrons. The molecular weight excluding hydrogens is 198 g/mol. The van der Waals surface area contributed by atoms with Gasteiger partial charge in [-0.15, -0.1) is 0 Å². The van der Waals surface area contributed by atoms with Crippen LogP contribution in [0.2, 0.25) is 0 Å². The van der Waals surface area contributed by atoms with E-state index in [0.29, 0.717) is 6.04 Å². The Morgan fingerprint density at radius 3 is 2.94 bits per heavy atom. The fraction of sp³-hybridized carbons (Fsp3) is 0.615. The first-order valence-electron chi connectivity index (χ1n) is 6.14. The van der Waals surface area contributed by atoms with Crippen LogP contribution in [0.1, 0.15) is 24.8 Å². The van der Waals surface area contributed by atoms with Crippen LogP contribution in [0.5, 0.6) is 0 Å². The van der Waals surface area contributed by atoms with Gasteiger partial charge in [-0.1, -0.05) is 12.5 Å². The van der Waals surface area contributed by atoms with E-state index in [-0.39, 0.29) is 0 Å². The Kier molecular flexibility index (Phi) is 3.78. The van der Waals surface area contributed by atoms with Crippen molar-refractivity contribution >= 4 is 5.82 Å². The lowest BCUT2D eigenvalue weighted by atomic mass is 10.1. The van der Waals surface area contributed by atoms with Crippen LogP contribution in [0.4, 0.5) is 5.82 Å². The molecule has 0 aromatic carbocycles. The molecule has 3 nitrogen and oxygen atoms in total. The van der Waals surface area contributed by atoms with Gasteiger partial charge < -0.3 is 10.2 Å². The van der Waals surface area contributed by atoms with Crippen molar-refractivity contribution in [1.82, 2.24) is 10.3 Å². The number of nitrogens with zero attached hydrogens (tertiary/aromatic N) is 2. The fourth-order valence-electron chi connectivity index (χ4n) is 2.23. The molecule has 0 spiro atoms. The van der Waals surface area contributed by atoms with E-state index in [4.69, 9.17) is 0 Å². The van der Waals surface area contributed by atoms with Crippen molar-refractivity contribution in [3.63, 3.8) is 0 Å². The van der Waals surface area contributed by atoms with Gasteiger partial charge in [0.2, 0.25) is 0 Å². The van der Waals surface area contributed by atoms with E-state index < -0.39 is 0 Å². The van der Waals surface area contributed by atoms with Gasteiger partial charge in [-0.25, -0.2) is 4.98 Å². The van der Waals surface area contributed by atoms with E-state index in [1.165, 1.54) is 24.8 Å². The van der Waals surface area contributed by atoms with Gasteiger partial charge in [0, 0.05) is 25.3 Å². The van der Waals surface area contributed by atoms with Crippen molar-refractivity contribution in [3.8, 4) is 0 Å². The van der Waals surface area contributed by atoms with Gasteiger partial charge in [-0.3, -0.25) is 0 Å². The molecule has 2 heterocycles. The molecule has 1 aliphatic heterocycles. The smallest absolute Gasteiger partial charge is 0.128 e. The van der Waals surface area contributed by atoms with Gasteiger partial charge in [-0.2, -0.15) is 0 Å². The normalized spacial score (nSPS) is 21.9. The van der Waals surface area contributed by atoms with Crippen LogP contribution in [-0.2, 0) is 0 Å². The summed E-state index contributed by atoms with van der Waals surface area (Å²) in [7, 11) is 2.05. The molecule has 0 aliphatic carbocycles. The Bertz CT molecular complexity index is 320. The van der Waals surface area contributed by atoms with Crippen molar-refractivity contribution < 1.29 is 0 Å². The lowest BCUT2D eigenvalue weighted by Gasteiger charge is -2.25. The Morgan fingerprint density at radius 2 is 2.25 bits per heavy atom. The Morgan fingerprint density at radius 1 is 1.38 bits per heavy atom. The molecule has 1 saturated heterocycles. The number of nitrogens with one attached hydrogen (secondary N) is 1. The summed E-state index contributed by atoms with van der Waals surface area (Å²) in [6.45, 7) is 4.29. The molecule has 1 N–H and O–H groups in total. The Labute approximate surface area is 97.9 Å². The predicted octanol–water partition coefficient (Wildman–Crippen LogP) is 1.97. The topological polar surface area (TPSA) is 28.2 Å². The van der Waals surface area contributed by atoms with Crippen molar-refractivity contribution in [1.29, 1.82) is 0 Å². The van der Waals surface area contributed by atoms with Crippen LogP contribution in [0.25, 0.3) is 0 Å². The van der Waals surface area contributed by atoms with Gasteiger partial charge in [-0.05, 0) is 38.4 Å². The van der Waals surface area contributed by atoms with E-state index in [2.05, 4.69) is 41.3 Å². The number of aryl methyl sites for hydroxylation is 1. The van der Waals surface area contributed by atoms with Gasteiger partial charge in [0.1, 0.15) is 5.82 Å². The van der Waals surface area contributed by atoms with Crippen LogP contribution >= 0.6 is 0 Å². The fourth-order valence-corrected chi connectivity index (χ4v) is 2.23. The maximum absolute atomic E-state index is 4.51. The monoisotopic (exact) mass is 219 g/mol. The van der Waals surface area contributed by atoms with Crippen molar-refractivity contribution in [2.75, 3.05) is 25.0 Å². The summed E-state index contributed by atoms with van der Waals surface area (Å²) in [6, 6.07) is 4.88. The number of rotatable bonds is 2. The van der Waals surface area contributed by atoms with Crippen molar-refractivity contribution in [2.24, 2.45) is 0 Å². The first-order valence-corrected chi connectivity index (χ1v) is 6.14. The van der Waals surface area contributed by atoms with Gasteiger partial charge in [0.15, 0.2) is 0 Å². The van der Waals surface area contributed by atoms with Crippen LogP contribution in [0, 0.1) is 6.92 Å². The lowest BCUT2D eigenvalue weighted by molar-refractivity contribution is 0.531. The van der Waals surface area contributed by atoms with E-state index in [1.807, 2.05) is 6.20 Å². The highest BCUT2D eigenvalue weighted by molar-refractivity contribution is 5.39. The molecular formula is C13H21N3. The molecule has 16 heavy (non-hydrogen) atoms. The predicted molar refractivity (Wildman–Crippen MR) is 67.9 cm³/mol. The number of anilines is 1. The summed E-state index contributed by atoms with van der Waals surface area (Å²) in [5, 5.41) is 3.39. The second kappa shape index (κ2) is 5.30. The maximum atomic E-state index is 4.51. The van der Waals surface area contributed by atoms with E-state index >= 15 is 0 Å². The highest BCUT2D eigenvalue weighted by Gasteiger charge is 2.17. The zero-order valence-corrected chi connectivity index (χ0v) is 10.2. The van der Waals surface area contributed by atoms with Gasteiger partial charge in [0.05, 0.1) is 0 Å². The van der Waals surface area contributed by atoms with Crippen LogP contribution < -0.4 is 10.2 Å². The average Bonchev–Trinajstić information content (AvgIpc) is 2.55. The van der Waals surface area contributed by atoms with Crippen molar-refractivity contribution in [2.45, 2.75) is 32.2 Å². The Balaban J connectivity index is 2.09. The number of hydrogen-bond donors (Lipinski definition) is 1. The zero-order chi connectivity index (χ0) is 11.4. The third-order valence-electron chi connectivity index (χ3n) is 3.30. The molecule has 1 aromatic heterocycles. The summed E-state index contributed by atoms with van der Waals surface area (Å²) < 4.78 is 0. The highest BCUT2D eigenvalue weighted by atomic mass is 15.2. The lowest BCUT2D eigenvalue weighted by Crippen LogP contribution is -2.38. The van der Waals surface area contributed by atoms with E-state index in [0.717, 1.165) is 18.9 Å². The summed E-state index contributed by atoms with van der Waals surface area (Å²) in [5.41, 5.74) is 1.23. The quantitative estimate of drug-likeness (QED) is 0.824. The van der Waals surface area contributed by atoms with Gasteiger partial charge >= 0.3 is 0 Å². The van der Waals surface area contributed by atoms with E-state index in [1.54, 1.807) is 0 Å². The second-order valence-corrected chi connectivity index (χ2v) is 4.62. The van der Waals surface area contributed by atoms with Gasteiger partial charge in [0.25, 0.3) is 0 Å². The van der Waals surface area contributed by atoms with E-state index in [9.17, 15) is 0 Å². The molecule has 0 saturated carbocycles. The number of aromatic nitrogens is 1. The summed E-state index contributed by atoms with van der Waals surface area (Å²) >= 11 is 0. The molecule has 1 atom stereocenters. The molecule has 1 unspecified atom stereocenters. The minimum atomic E-state index is 0.602. The summed E-state index contributed by atoms with van der Waals surface area (Å²) in [5.74, 6) is 1.12. The number of likely N-dealkylation sites (N-methyl/N-ethyl adjacent to an activating group) is 1. The molecule has 1 aliphatic rings. The highest BCUT2D eigenvalue weighted by Crippen LogP contribution is 2.17. The molecule has 1 aromatic rings. The molecule has 2 rings (SSSR count). The van der Waals surface area contributed by atoms with Crippen LogP contribution in [0.15, 0.2) is 18.3 Å². The third kappa shape index (κ3) is 2.73. The molecule has 0 amide bonds. The maximum Gasteiger partial charge on any atom is 0.128 e. The SMILES string of the molecule is CNC1CCCCN(c2ccc(C)cn2)C1. The largest absolute Gasteiger partial charge is 0.355 e. The Hall–Kier alpha value is -1.09. The van der Waals surface area contributed by atoms with Crippen molar-refractivity contribution in [3.05, 3.63) is 23.9 Å². The zero-order valence-electron chi connectivity index (χ0n) is 10.2.